The van der Waals surface area contributed by atoms with E-state index in [1.54, 1.807) is 0 Å². The molecule has 0 amide bonds. The molecule has 2 heterocycles. The Balaban J connectivity index is 0.000000146. The van der Waals surface area contributed by atoms with Gasteiger partial charge in [0.15, 0.2) is 0 Å². The fraction of sp³-hybridized carbons (Fsp3) is 0.107. The molecule has 0 radical (unpaired) electrons. The Bertz CT molecular complexity index is 7420. The van der Waals surface area contributed by atoms with E-state index in [0.29, 0.717) is 0 Å². The number of nitrogens with zero attached hydrogens (tertiary/aromatic N) is 4. The average molecular weight is 1670 g/mol. The standard InChI is InChI=1S/C61H48N2O.C60H48N2OSi/c1-60(2,3)39-27-29-42(30-28-39)63(41-19-10-7-11-20-41)56-38-52-50-24-16-26-57-59(50)53(37-51(52)45-21-12-13-23-48(45)56)49-34-32-44(36-58(49)64-57)62(40-17-8-6-9-18-40)43-31-33-47-46-22-14-15-25-54(46)61(4,5)55(47)35-43;1-60(2)54-25-15-14-22-46(54)47-33-29-42(35-55(47)60)61(39-17-8-6-9-18-39)43-30-34-49-53-37-51-45-21-12-13-23-48(45)56(38-52(51)50-24-16-26-57(59(50)53)63-58(49)36-43)62(40-19-10-7-11-20-40)41-27-31-44(32-28-41)64(3,4)5/h2*6-38H,1-5H3. The fourth-order valence-corrected chi connectivity index (χ4v) is 22.2. The minimum Gasteiger partial charge on any atom is -0.456 e. The highest BCUT2D eigenvalue weighted by atomic mass is 28.3. The number of anilines is 12. The van der Waals surface area contributed by atoms with Gasteiger partial charge in [0.05, 0.1) is 19.4 Å². The van der Waals surface area contributed by atoms with E-state index >= 15 is 0 Å². The maximum absolute atomic E-state index is 7.02. The molecule has 0 fully saturated rings. The van der Waals surface area contributed by atoms with E-state index in [1.807, 2.05) is 0 Å². The zero-order chi connectivity index (χ0) is 86.6. The lowest BCUT2D eigenvalue weighted by Gasteiger charge is -2.30. The summed E-state index contributed by atoms with van der Waals surface area (Å²) in [6, 6.07) is 147. The van der Waals surface area contributed by atoms with Crippen molar-refractivity contribution in [2.75, 3.05) is 19.6 Å². The molecule has 0 saturated heterocycles. The molecule has 0 spiro atoms. The number of rotatable bonds is 13. The van der Waals surface area contributed by atoms with Gasteiger partial charge in [0.25, 0.3) is 0 Å². The molecular weight excluding hydrogens is 1570 g/mol. The van der Waals surface area contributed by atoms with Gasteiger partial charge in [-0.1, -0.05) is 304 Å². The number of fused-ring (bicyclic) bond motifs is 18. The van der Waals surface area contributed by atoms with E-state index in [0.717, 1.165) is 113 Å². The third kappa shape index (κ3) is 12.7. The van der Waals surface area contributed by atoms with Crippen LogP contribution in [0.3, 0.4) is 0 Å². The minimum absolute atomic E-state index is 0.0573. The summed E-state index contributed by atoms with van der Waals surface area (Å²) >= 11 is 0. The molecular formula is C121H96N4O2Si. The van der Waals surface area contributed by atoms with E-state index in [-0.39, 0.29) is 16.2 Å². The first-order valence-corrected chi connectivity index (χ1v) is 48.3. The molecule has 0 bridgehead atoms. The van der Waals surface area contributed by atoms with Gasteiger partial charge in [-0.3, -0.25) is 0 Å². The van der Waals surface area contributed by atoms with E-state index in [9.17, 15) is 0 Å². The minimum atomic E-state index is -1.49. The molecule has 4 aliphatic rings. The molecule has 0 aromatic heterocycles. The van der Waals surface area contributed by atoms with Crippen LogP contribution >= 0.6 is 0 Å². The maximum Gasteiger partial charge on any atom is 0.137 e. The van der Waals surface area contributed by atoms with Crippen LogP contribution < -0.4 is 34.3 Å². The molecule has 0 unspecified atom stereocenters. The normalized spacial score (nSPS) is 13.3. The quantitative estimate of drug-likeness (QED) is 0.0845. The van der Waals surface area contributed by atoms with Crippen LogP contribution in [0.5, 0.6) is 23.0 Å². The summed E-state index contributed by atoms with van der Waals surface area (Å²) in [5.74, 6) is 3.44. The molecule has 0 atom stereocenters. The van der Waals surface area contributed by atoms with Crippen LogP contribution in [0.15, 0.2) is 400 Å². The summed E-state index contributed by atoms with van der Waals surface area (Å²) in [7, 11) is -1.49. The molecule has 2 aliphatic heterocycles. The summed E-state index contributed by atoms with van der Waals surface area (Å²) in [4.78, 5) is 9.57. The highest BCUT2D eigenvalue weighted by molar-refractivity contribution is 6.88. The van der Waals surface area contributed by atoms with Crippen molar-refractivity contribution in [1.82, 2.24) is 0 Å². The van der Waals surface area contributed by atoms with Crippen LogP contribution in [0.25, 0.3) is 109 Å². The predicted octanol–water partition coefficient (Wildman–Crippen LogP) is 34.2. The predicted molar refractivity (Wildman–Crippen MR) is 544 cm³/mol. The second kappa shape index (κ2) is 29.8. The van der Waals surface area contributed by atoms with Crippen molar-refractivity contribution in [2.24, 2.45) is 0 Å². The summed E-state index contributed by atoms with van der Waals surface area (Å²) in [6.45, 7) is 23.4. The van der Waals surface area contributed by atoms with Gasteiger partial charge in [0.2, 0.25) is 0 Å². The number of para-hydroxylation sites is 4. The van der Waals surface area contributed by atoms with Crippen molar-refractivity contribution >= 4 is 146 Å². The van der Waals surface area contributed by atoms with Gasteiger partial charge in [-0.2, -0.15) is 0 Å². The van der Waals surface area contributed by atoms with Crippen LogP contribution in [-0.2, 0) is 16.2 Å². The van der Waals surface area contributed by atoms with E-state index in [2.05, 4.69) is 488 Å². The van der Waals surface area contributed by atoms with Gasteiger partial charge >= 0.3 is 0 Å². The largest absolute Gasteiger partial charge is 0.456 e. The summed E-state index contributed by atoms with van der Waals surface area (Å²) in [6.07, 6.45) is 0. The smallest absolute Gasteiger partial charge is 0.137 e. The molecule has 616 valence electrons. The molecule has 24 rings (SSSR count). The van der Waals surface area contributed by atoms with Crippen LogP contribution in [0.1, 0.15) is 76.3 Å². The van der Waals surface area contributed by atoms with Gasteiger partial charge in [-0.05, 0) is 267 Å². The Morgan fingerprint density at radius 1 is 0.219 bits per heavy atom. The van der Waals surface area contributed by atoms with Crippen molar-refractivity contribution in [1.29, 1.82) is 0 Å². The summed E-state index contributed by atoms with van der Waals surface area (Å²) in [5, 5.41) is 15.8. The van der Waals surface area contributed by atoms with Gasteiger partial charge < -0.3 is 29.1 Å². The van der Waals surface area contributed by atoms with Crippen LogP contribution in [0.2, 0.25) is 19.6 Å². The SMILES string of the molecule is CC(C)(C)c1ccc(N(c2ccccc2)c2cc3c4cccc5c4c(cc3c3ccccc23)-c2ccc(N(c3ccccc3)c3ccc4c(c3)C(C)(C)c3ccccc3-4)cc2O5)cc1.CC1(C)c2ccccc2-c2ccc(N(c3ccccc3)c3ccc4c(c3)Oc3cccc5c3c-4cc3c4ccccc4c(N(c4ccccc4)c4ccc([Si](C)(C)C)cc4)cc53)cc21. The Hall–Kier alpha value is -15.0. The first-order chi connectivity index (χ1) is 62.3. The van der Waals surface area contributed by atoms with Gasteiger partial charge in [0, 0.05) is 113 Å². The fourth-order valence-electron chi connectivity index (χ4n) is 21.1. The lowest BCUT2D eigenvalue weighted by Crippen LogP contribution is -2.37. The topological polar surface area (TPSA) is 31.4 Å². The third-order valence-electron chi connectivity index (χ3n) is 27.5. The molecule has 7 heteroatoms. The van der Waals surface area contributed by atoms with Crippen molar-refractivity contribution in [2.45, 2.75) is 84.4 Å². The second-order valence-corrected chi connectivity index (χ2v) is 43.0. The zero-order valence-corrected chi connectivity index (χ0v) is 74.7. The second-order valence-electron chi connectivity index (χ2n) is 37.9. The van der Waals surface area contributed by atoms with Crippen LogP contribution in [0, 0.1) is 0 Å². The van der Waals surface area contributed by atoms with Gasteiger partial charge in [0.1, 0.15) is 23.0 Å². The molecule has 20 aromatic rings. The van der Waals surface area contributed by atoms with Crippen LogP contribution in [0.4, 0.5) is 68.2 Å². The van der Waals surface area contributed by atoms with Crippen molar-refractivity contribution in [3.8, 4) is 67.5 Å². The molecule has 20 aromatic carbocycles. The first-order valence-electron chi connectivity index (χ1n) is 44.8. The number of hydrogen-bond acceptors (Lipinski definition) is 6. The third-order valence-corrected chi connectivity index (χ3v) is 29.6. The summed E-state index contributed by atoms with van der Waals surface area (Å²) < 4.78 is 14.0. The molecule has 2 aliphatic carbocycles. The maximum atomic E-state index is 7.02. The van der Waals surface area contributed by atoms with Gasteiger partial charge in [-0.15, -0.1) is 0 Å². The Morgan fingerprint density at radius 3 is 0.914 bits per heavy atom. The molecule has 0 N–H and O–H groups in total. The number of benzene rings is 20. The highest BCUT2D eigenvalue weighted by Crippen LogP contribution is 2.59. The Kier molecular flexibility index (Phi) is 18.1. The van der Waals surface area contributed by atoms with Crippen LogP contribution in [-0.4, -0.2) is 8.07 Å². The summed E-state index contributed by atoms with van der Waals surface area (Å²) in [5.41, 5.74) is 29.7. The monoisotopic (exact) mass is 1660 g/mol. The van der Waals surface area contributed by atoms with Crippen molar-refractivity contribution in [3.63, 3.8) is 0 Å². The van der Waals surface area contributed by atoms with E-state index in [1.165, 1.54) is 120 Å². The lowest BCUT2D eigenvalue weighted by molar-refractivity contribution is 0.487. The molecule has 128 heavy (non-hydrogen) atoms. The highest BCUT2D eigenvalue weighted by Gasteiger charge is 2.39. The lowest BCUT2D eigenvalue weighted by atomic mass is 9.82. The van der Waals surface area contributed by atoms with E-state index < -0.39 is 8.07 Å². The Morgan fingerprint density at radius 2 is 0.523 bits per heavy atom. The Labute approximate surface area is 750 Å². The molecule has 0 saturated carbocycles. The van der Waals surface area contributed by atoms with Crippen molar-refractivity contribution < 1.29 is 9.47 Å². The van der Waals surface area contributed by atoms with Crippen molar-refractivity contribution in [3.05, 3.63) is 428 Å². The number of ether oxygens (including phenoxy) is 2. The average Bonchev–Trinajstić information content (AvgIpc) is 1.03. The zero-order valence-electron chi connectivity index (χ0n) is 73.7. The van der Waals surface area contributed by atoms with Gasteiger partial charge in [-0.25, -0.2) is 0 Å². The van der Waals surface area contributed by atoms with E-state index in [4.69, 9.17) is 9.47 Å². The first kappa shape index (κ1) is 77.8. The molecule has 6 nitrogen and oxygen atoms in total. The number of hydrogen-bond donors (Lipinski definition) is 0.